The predicted molar refractivity (Wildman–Crippen MR) is 84.4 cm³/mol. The van der Waals surface area contributed by atoms with Gasteiger partial charge >= 0.3 is 0 Å². The minimum atomic E-state index is -0.219. The molecular formula is C16H24N2O4. The molecule has 2 amide bonds. The molecule has 0 aliphatic heterocycles. The molecule has 0 unspecified atom stereocenters. The Kier molecular flexibility index (Phi) is 7.81. The highest BCUT2D eigenvalue weighted by molar-refractivity contribution is 5.94. The highest BCUT2D eigenvalue weighted by Gasteiger charge is 2.10. The molecule has 0 aromatic heterocycles. The summed E-state index contributed by atoms with van der Waals surface area (Å²) in [6.07, 6.45) is 2.40. The van der Waals surface area contributed by atoms with Gasteiger partial charge in [0.05, 0.1) is 14.2 Å². The Hall–Kier alpha value is -2.24. The normalized spacial score (nSPS) is 9.95. The molecule has 0 fully saturated rings. The number of ether oxygens (including phenoxy) is 2. The van der Waals surface area contributed by atoms with E-state index in [0.717, 1.165) is 12.8 Å². The number of carbonyl (C=O) groups is 2. The van der Waals surface area contributed by atoms with E-state index in [1.54, 1.807) is 25.3 Å². The van der Waals surface area contributed by atoms with Crippen LogP contribution < -0.4 is 20.1 Å². The lowest BCUT2D eigenvalue weighted by Crippen LogP contribution is -2.34. The van der Waals surface area contributed by atoms with E-state index in [1.165, 1.54) is 7.11 Å². The van der Waals surface area contributed by atoms with Crippen molar-refractivity contribution in [1.82, 2.24) is 10.6 Å². The Morgan fingerprint density at radius 2 is 1.73 bits per heavy atom. The van der Waals surface area contributed by atoms with E-state index in [0.29, 0.717) is 36.6 Å². The third-order valence-electron chi connectivity index (χ3n) is 3.14. The van der Waals surface area contributed by atoms with Gasteiger partial charge < -0.3 is 20.1 Å². The molecule has 1 aromatic rings. The van der Waals surface area contributed by atoms with Crippen molar-refractivity contribution in [1.29, 1.82) is 0 Å². The lowest BCUT2D eigenvalue weighted by atomic mass is 10.2. The molecule has 0 saturated heterocycles. The molecule has 22 heavy (non-hydrogen) atoms. The summed E-state index contributed by atoms with van der Waals surface area (Å²) in [5, 5.41) is 5.52. The molecule has 0 saturated carbocycles. The topological polar surface area (TPSA) is 76.7 Å². The van der Waals surface area contributed by atoms with Gasteiger partial charge in [-0.15, -0.1) is 0 Å². The maximum Gasteiger partial charge on any atom is 0.251 e. The molecule has 0 aliphatic rings. The first-order chi connectivity index (χ1) is 10.6. The van der Waals surface area contributed by atoms with Crippen LogP contribution >= 0.6 is 0 Å². The van der Waals surface area contributed by atoms with Gasteiger partial charge in [-0.05, 0) is 24.6 Å². The second-order valence-electron chi connectivity index (χ2n) is 4.78. The third kappa shape index (κ3) is 5.63. The van der Waals surface area contributed by atoms with Crippen LogP contribution in [0.15, 0.2) is 18.2 Å². The third-order valence-corrected chi connectivity index (χ3v) is 3.14. The van der Waals surface area contributed by atoms with Crippen molar-refractivity contribution in [3.8, 4) is 11.5 Å². The van der Waals surface area contributed by atoms with Gasteiger partial charge in [0.1, 0.15) is 0 Å². The van der Waals surface area contributed by atoms with Crippen molar-refractivity contribution in [2.24, 2.45) is 0 Å². The Bertz CT molecular complexity index is 503. The van der Waals surface area contributed by atoms with E-state index in [9.17, 15) is 9.59 Å². The van der Waals surface area contributed by atoms with E-state index >= 15 is 0 Å². The Morgan fingerprint density at radius 3 is 2.36 bits per heavy atom. The van der Waals surface area contributed by atoms with Gasteiger partial charge in [-0.3, -0.25) is 9.59 Å². The van der Waals surface area contributed by atoms with Gasteiger partial charge in [-0.25, -0.2) is 0 Å². The van der Waals surface area contributed by atoms with Crippen molar-refractivity contribution in [2.75, 3.05) is 27.3 Å². The van der Waals surface area contributed by atoms with Crippen LogP contribution in [-0.2, 0) is 4.79 Å². The number of methoxy groups -OCH3 is 2. The number of hydrogen-bond acceptors (Lipinski definition) is 4. The number of hydrogen-bond donors (Lipinski definition) is 2. The average Bonchev–Trinajstić information content (AvgIpc) is 2.55. The quantitative estimate of drug-likeness (QED) is 0.681. The van der Waals surface area contributed by atoms with Crippen molar-refractivity contribution < 1.29 is 19.1 Å². The summed E-state index contributed by atoms with van der Waals surface area (Å²) in [5.74, 6) is 0.872. The second kappa shape index (κ2) is 9.65. The number of amides is 2. The monoisotopic (exact) mass is 308 g/mol. The van der Waals surface area contributed by atoms with Crippen molar-refractivity contribution >= 4 is 11.8 Å². The van der Waals surface area contributed by atoms with Crippen LogP contribution in [-0.4, -0.2) is 39.1 Å². The molecule has 0 bridgehead atoms. The van der Waals surface area contributed by atoms with E-state index in [1.807, 2.05) is 6.92 Å². The molecule has 1 aromatic carbocycles. The molecule has 122 valence electrons. The Labute approximate surface area is 131 Å². The zero-order chi connectivity index (χ0) is 16.4. The molecule has 2 N–H and O–H groups in total. The van der Waals surface area contributed by atoms with Crippen LogP contribution in [0.5, 0.6) is 11.5 Å². The number of nitrogens with one attached hydrogen (secondary N) is 2. The summed E-state index contributed by atoms with van der Waals surface area (Å²) in [4.78, 5) is 23.4. The molecular weight excluding hydrogens is 284 g/mol. The fourth-order valence-electron chi connectivity index (χ4n) is 1.88. The van der Waals surface area contributed by atoms with Crippen LogP contribution in [0.4, 0.5) is 0 Å². The molecule has 6 heteroatoms. The van der Waals surface area contributed by atoms with Crippen molar-refractivity contribution in [3.63, 3.8) is 0 Å². The molecule has 0 aliphatic carbocycles. The van der Waals surface area contributed by atoms with Gasteiger partial charge in [-0.1, -0.05) is 13.3 Å². The zero-order valence-corrected chi connectivity index (χ0v) is 13.4. The standard InChI is InChI=1S/C16H24N2O4/c1-4-5-6-15(19)17-9-10-18-16(20)12-7-8-13(21-2)14(11-12)22-3/h7-8,11H,4-6,9-10H2,1-3H3,(H,17,19)(H,18,20). The summed E-state index contributed by atoms with van der Waals surface area (Å²) in [6, 6.07) is 4.96. The largest absolute Gasteiger partial charge is 0.493 e. The number of benzene rings is 1. The van der Waals surface area contributed by atoms with Crippen LogP contribution in [0.1, 0.15) is 36.5 Å². The summed E-state index contributed by atoms with van der Waals surface area (Å²) >= 11 is 0. The second-order valence-corrected chi connectivity index (χ2v) is 4.78. The smallest absolute Gasteiger partial charge is 0.251 e. The lowest BCUT2D eigenvalue weighted by Gasteiger charge is -2.10. The first-order valence-corrected chi connectivity index (χ1v) is 7.39. The van der Waals surface area contributed by atoms with Crippen LogP contribution in [0.25, 0.3) is 0 Å². The van der Waals surface area contributed by atoms with Gasteiger partial charge in [-0.2, -0.15) is 0 Å². The molecule has 0 heterocycles. The van der Waals surface area contributed by atoms with Gasteiger partial charge in [0.2, 0.25) is 5.91 Å². The summed E-state index contributed by atoms with van der Waals surface area (Å²) in [6.45, 7) is 2.84. The van der Waals surface area contributed by atoms with Crippen LogP contribution in [0.2, 0.25) is 0 Å². The zero-order valence-electron chi connectivity index (χ0n) is 13.4. The predicted octanol–water partition coefficient (Wildman–Crippen LogP) is 1.74. The first-order valence-electron chi connectivity index (χ1n) is 7.39. The maximum absolute atomic E-state index is 12.0. The number of carbonyl (C=O) groups excluding carboxylic acids is 2. The molecule has 1 rings (SSSR count). The first kappa shape index (κ1) is 17.8. The van der Waals surface area contributed by atoms with Crippen LogP contribution in [0, 0.1) is 0 Å². The molecule has 0 spiro atoms. The highest BCUT2D eigenvalue weighted by Crippen LogP contribution is 2.27. The van der Waals surface area contributed by atoms with Gasteiger partial charge in [0, 0.05) is 25.1 Å². The highest BCUT2D eigenvalue weighted by atomic mass is 16.5. The van der Waals surface area contributed by atoms with Crippen molar-refractivity contribution in [2.45, 2.75) is 26.2 Å². The minimum absolute atomic E-state index is 0.0159. The molecule has 6 nitrogen and oxygen atoms in total. The number of unbranched alkanes of at least 4 members (excludes halogenated alkanes) is 1. The van der Waals surface area contributed by atoms with Crippen LogP contribution in [0.3, 0.4) is 0 Å². The number of rotatable bonds is 9. The van der Waals surface area contributed by atoms with Crippen molar-refractivity contribution in [3.05, 3.63) is 23.8 Å². The average molecular weight is 308 g/mol. The lowest BCUT2D eigenvalue weighted by molar-refractivity contribution is -0.121. The van der Waals surface area contributed by atoms with E-state index in [2.05, 4.69) is 10.6 Å². The fourth-order valence-corrected chi connectivity index (χ4v) is 1.88. The summed E-state index contributed by atoms with van der Waals surface area (Å²) < 4.78 is 10.3. The van der Waals surface area contributed by atoms with E-state index in [-0.39, 0.29) is 11.8 Å². The summed E-state index contributed by atoms with van der Waals surface area (Å²) in [5.41, 5.74) is 0.481. The molecule has 0 atom stereocenters. The van der Waals surface area contributed by atoms with Gasteiger partial charge in [0.15, 0.2) is 11.5 Å². The SMILES string of the molecule is CCCCC(=O)NCCNC(=O)c1ccc(OC)c(OC)c1. The maximum atomic E-state index is 12.0. The fraction of sp³-hybridized carbons (Fsp3) is 0.500. The Balaban J connectivity index is 2.41. The Morgan fingerprint density at radius 1 is 1.05 bits per heavy atom. The molecule has 0 radical (unpaired) electrons. The van der Waals surface area contributed by atoms with Gasteiger partial charge in [0.25, 0.3) is 5.91 Å². The minimum Gasteiger partial charge on any atom is -0.493 e. The van der Waals surface area contributed by atoms with E-state index < -0.39 is 0 Å². The summed E-state index contributed by atoms with van der Waals surface area (Å²) in [7, 11) is 3.06. The van der Waals surface area contributed by atoms with E-state index in [4.69, 9.17) is 9.47 Å².